The summed E-state index contributed by atoms with van der Waals surface area (Å²) in [6.45, 7) is 0.880. The number of ether oxygens (including phenoxy) is 1. The van der Waals surface area contributed by atoms with Crippen LogP contribution in [-0.4, -0.2) is 84.0 Å². The van der Waals surface area contributed by atoms with Crippen molar-refractivity contribution in [1.82, 2.24) is 23.1 Å². The highest BCUT2D eigenvalue weighted by molar-refractivity contribution is 7.86. The fourth-order valence-electron chi connectivity index (χ4n) is 2.90. The number of piperazine rings is 1. The minimum absolute atomic E-state index is 0.281. The summed E-state index contributed by atoms with van der Waals surface area (Å²) in [6.07, 6.45) is 2.60. The van der Waals surface area contributed by atoms with Gasteiger partial charge in [-0.3, -0.25) is 9.47 Å². The second kappa shape index (κ2) is 7.40. The number of rotatable bonds is 5. The van der Waals surface area contributed by atoms with Crippen LogP contribution in [0.2, 0.25) is 0 Å². The smallest absolute Gasteiger partial charge is 0.319 e. The summed E-state index contributed by atoms with van der Waals surface area (Å²) in [5.74, 6) is 0.287. The average Bonchev–Trinajstić information content (AvgIpc) is 3.04. The number of hydrogen-bond acceptors (Lipinski definition) is 5. The summed E-state index contributed by atoms with van der Waals surface area (Å²) in [5, 5.41) is 0. The van der Waals surface area contributed by atoms with E-state index in [0.717, 1.165) is 4.57 Å². The van der Waals surface area contributed by atoms with Crippen molar-refractivity contribution in [2.24, 2.45) is 0 Å². The maximum absolute atomic E-state index is 12.8. The Kier molecular flexibility index (Phi) is 5.45. The van der Waals surface area contributed by atoms with Crippen LogP contribution in [-0.2, 0) is 21.5 Å². The molecule has 0 spiro atoms. The molecule has 0 aromatic carbocycles. The van der Waals surface area contributed by atoms with Gasteiger partial charge in [-0.15, -0.1) is 0 Å². The second-order valence-electron chi connectivity index (χ2n) is 5.72. The Morgan fingerprint density at radius 3 is 2.33 bits per heavy atom. The first-order valence-electron chi connectivity index (χ1n) is 7.83. The molecule has 0 aliphatic carbocycles. The summed E-state index contributed by atoms with van der Waals surface area (Å²) < 4.78 is 59.7. The summed E-state index contributed by atoms with van der Waals surface area (Å²) >= 11 is 0. The van der Waals surface area contributed by atoms with E-state index in [9.17, 15) is 17.2 Å². The van der Waals surface area contributed by atoms with E-state index in [1.165, 1.54) is 21.0 Å². The highest BCUT2D eigenvalue weighted by atomic mass is 32.2. The SMILES string of the molecule is O=S(=O)(N1CCOCC1)N1CCN(Cc2nccn2C(F)F)CC1. The first-order chi connectivity index (χ1) is 11.5. The van der Waals surface area contributed by atoms with Crippen LogP contribution in [0.3, 0.4) is 0 Å². The van der Waals surface area contributed by atoms with Gasteiger partial charge in [0.15, 0.2) is 0 Å². The molecule has 1 aromatic heterocycles. The normalized spacial score (nSPS) is 22.3. The third-order valence-electron chi connectivity index (χ3n) is 4.28. The lowest BCUT2D eigenvalue weighted by Gasteiger charge is -2.37. The van der Waals surface area contributed by atoms with Crippen molar-refractivity contribution in [3.05, 3.63) is 18.2 Å². The van der Waals surface area contributed by atoms with Crippen molar-refractivity contribution in [1.29, 1.82) is 0 Å². The van der Waals surface area contributed by atoms with Crippen molar-refractivity contribution in [2.45, 2.75) is 13.1 Å². The zero-order chi connectivity index (χ0) is 17.2. The van der Waals surface area contributed by atoms with Gasteiger partial charge < -0.3 is 4.74 Å². The van der Waals surface area contributed by atoms with E-state index in [1.54, 1.807) is 0 Å². The van der Waals surface area contributed by atoms with Gasteiger partial charge in [-0.25, -0.2) is 4.98 Å². The van der Waals surface area contributed by atoms with Gasteiger partial charge in [0.2, 0.25) is 0 Å². The fraction of sp³-hybridized carbons (Fsp3) is 0.769. The van der Waals surface area contributed by atoms with Crippen LogP contribution in [0.4, 0.5) is 8.78 Å². The molecule has 0 bridgehead atoms. The van der Waals surface area contributed by atoms with Gasteiger partial charge in [0, 0.05) is 51.7 Å². The van der Waals surface area contributed by atoms with Gasteiger partial charge in [-0.2, -0.15) is 25.8 Å². The van der Waals surface area contributed by atoms with Gasteiger partial charge in [0.25, 0.3) is 10.2 Å². The molecule has 24 heavy (non-hydrogen) atoms. The van der Waals surface area contributed by atoms with Crippen LogP contribution >= 0.6 is 0 Å². The third-order valence-corrected chi connectivity index (χ3v) is 6.31. The lowest BCUT2D eigenvalue weighted by atomic mass is 10.3. The summed E-state index contributed by atoms with van der Waals surface area (Å²) in [7, 11) is -3.47. The molecule has 8 nitrogen and oxygen atoms in total. The molecular formula is C13H21F2N5O3S. The van der Waals surface area contributed by atoms with Crippen molar-refractivity contribution in [3.63, 3.8) is 0 Å². The van der Waals surface area contributed by atoms with Crippen molar-refractivity contribution in [3.8, 4) is 0 Å². The first-order valence-corrected chi connectivity index (χ1v) is 9.23. The van der Waals surface area contributed by atoms with Gasteiger partial charge in [0.1, 0.15) is 5.82 Å². The number of imidazole rings is 1. The topological polar surface area (TPSA) is 70.9 Å². The van der Waals surface area contributed by atoms with Crippen molar-refractivity contribution >= 4 is 10.2 Å². The van der Waals surface area contributed by atoms with Crippen molar-refractivity contribution < 1.29 is 21.9 Å². The number of alkyl halides is 2. The van der Waals surface area contributed by atoms with E-state index in [0.29, 0.717) is 52.5 Å². The zero-order valence-corrected chi connectivity index (χ0v) is 14.0. The Bertz CT molecular complexity index is 640. The minimum atomic E-state index is -3.47. The van der Waals surface area contributed by atoms with E-state index in [-0.39, 0.29) is 12.4 Å². The lowest BCUT2D eigenvalue weighted by Crippen LogP contribution is -2.54. The zero-order valence-electron chi connectivity index (χ0n) is 13.2. The van der Waals surface area contributed by atoms with E-state index >= 15 is 0 Å². The molecule has 2 aliphatic heterocycles. The first kappa shape index (κ1) is 17.7. The van der Waals surface area contributed by atoms with Crippen LogP contribution in [0.1, 0.15) is 12.4 Å². The fourth-order valence-corrected chi connectivity index (χ4v) is 4.46. The minimum Gasteiger partial charge on any atom is -0.379 e. The van der Waals surface area contributed by atoms with Gasteiger partial charge in [0.05, 0.1) is 19.8 Å². The Morgan fingerprint density at radius 1 is 1.08 bits per heavy atom. The molecular weight excluding hydrogens is 344 g/mol. The predicted molar refractivity (Wildman–Crippen MR) is 81.6 cm³/mol. The molecule has 0 atom stereocenters. The van der Waals surface area contributed by atoms with E-state index in [2.05, 4.69) is 4.98 Å². The molecule has 11 heteroatoms. The van der Waals surface area contributed by atoms with Crippen LogP contribution < -0.4 is 0 Å². The molecule has 136 valence electrons. The van der Waals surface area contributed by atoms with Gasteiger partial charge in [-0.05, 0) is 0 Å². The standard InChI is InChI=1S/C13H21F2N5O3S/c14-13(15)20-2-1-16-12(20)11-17-3-5-18(6-4-17)24(21,22)19-7-9-23-10-8-19/h1-2,13H,3-11H2. The maximum atomic E-state index is 12.8. The highest BCUT2D eigenvalue weighted by Crippen LogP contribution is 2.17. The van der Waals surface area contributed by atoms with E-state index in [1.807, 2.05) is 4.90 Å². The molecule has 0 saturated carbocycles. The monoisotopic (exact) mass is 365 g/mol. The van der Waals surface area contributed by atoms with Crippen LogP contribution in [0, 0.1) is 0 Å². The molecule has 1 aromatic rings. The number of hydrogen-bond donors (Lipinski definition) is 0. The second-order valence-corrected chi connectivity index (χ2v) is 7.65. The Balaban J connectivity index is 1.56. The highest BCUT2D eigenvalue weighted by Gasteiger charge is 2.33. The maximum Gasteiger partial charge on any atom is 0.319 e. The summed E-state index contributed by atoms with van der Waals surface area (Å²) in [5.41, 5.74) is 0. The number of aromatic nitrogens is 2. The van der Waals surface area contributed by atoms with Crippen LogP contribution in [0.5, 0.6) is 0 Å². The average molecular weight is 365 g/mol. The molecule has 0 unspecified atom stereocenters. The molecule has 0 N–H and O–H groups in total. The number of morpholine rings is 1. The molecule has 0 amide bonds. The quantitative estimate of drug-likeness (QED) is 0.733. The Morgan fingerprint density at radius 2 is 1.71 bits per heavy atom. The van der Waals surface area contributed by atoms with Crippen molar-refractivity contribution in [2.75, 3.05) is 52.5 Å². The Hall–Kier alpha value is -1.14. The van der Waals surface area contributed by atoms with E-state index in [4.69, 9.17) is 4.74 Å². The number of nitrogens with zero attached hydrogens (tertiary/aromatic N) is 5. The summed E-state index contributed by atoms with van der Waals surface area (Å²) in [4.78, 5) is 5.90. The van der Waals surface area contributed by atoms with Gasteiger partial charge in [-0.1, -0.05) is 0 Å². The summed E-state index contributed by atoms with van der Waals surface area (Å²) in [6, 6.07) is 0. The number of halogens is 2. The van der Waals surface area contributed by atoms with Crippen LogP contribution in [0.15, 0.2) is 12.4 Å². The molecule has 2 fully saturated rings. The largest absolute Gasteiger partial charge is 0.379 e. The van der Waals surface area contributed by atoms with E-state index < -0.39 is 16.8 Å². The lowest BCUT2D eigenvalue weighted by molar-refractivity contribution is 0.0612. The molecule has 2 aliphatic rings. The third kappa shape index (κ3) is 3.75. The molecule has 3 rings (SSSR count). The molecule has 0 radical (unpaired) electrons. The molecule has 2 saturated heterocycles. The van der Waals surface area contributed by atoms with Gasteiger partial charge >= 0.3 is 6.55 Å². The molecule has 3 heterocycles. The predicted octanol–water partition coefficient (Wildman–Crippen LogP) is -0.0272. The Labute approximate surface area is 139 Å². The van der Waals surface area contributed by atoms with Crippen LogP contribution in [0.25, 0.3) is 0 Å².